The second kappa shape index (κ2) is 7.53. The van der Waals surface area contributed by atoms with Crippen LogP contribution in [0, 0.1) is 0 Å². The van der Waals surface area contributed by atoms with Crippen molar-refractivity contribution in [3.8, 4) is 0 Å². The van der Waals surface area contributed by atoms with Crippen molar-refractivity contribution in [2.75, 3.05) is 49.2 Å². The van der Waals surface area contributed by atoms with E-state index in [1.165, 1.54) is 35.8 Å². The highest BCUT2D eigenvalue weighted by Crippen LogP contribution is 2.44. The highest BCUT2D eigenvalue weighted by atomic mass is 32.1. The fourth-order valence-corrected chi connectivity index (χ4v) is 6.32. The summed E-state index contributed by atoms with van der Waals surface area (Å²) in [6.45, 7) is 10.4. The van der Waals surface area contributed by atoms with E-state index in [9.17, 15) is 0 Å². The molecule has 3 aromatic rings. The molecule has 0 radical (unpaired) electrons. The second-order valence-electron chi connectivity index (χ2n) is 9.42. The van der Waals surface area contributed by atoms with Crippen LogP contribution in [0.25, 0.3) is 20.4 Å². The first-order chi connectivity index (χ1) is 15.1. The number of nitrogens with zero attached hydrogens (tertiary/aromatic N) is 5. The number of piperidine rings is 1. The lowest BCUT2D eigenvalue weighted by atomic mass is 9.90. The fourth-order valence-electron chi connectivity index (χ4n) is 5.14. The van der Waals surface area contributed by atoms with Crippen molar-refractivity contribution < 1.29 is 9.47 Å². The molecule has 3 aliphatic heterocycles. The summed E-state index contributed by atoms with van der Waals surface area (Å²) >= 11 is 1.75. The molecular weight excluding hydrogens is 410 g/mol. The number of morpholine rings is 1. The van der Waals surface area contributed by atoms with Gasteiger partial charge in [0.05, 0.1) is 35.6 Å². The zero-order valence-corrected chi connectivity index (χ0v) is 19.1. The lowest BCUT2D eigenvalue weighted by molar-refractivity contribution is -0.0395. The molecule has 8 heteroatoms. The summed E-state index contributed by atoms with van der Waals surface area (Å²) in [5.74, 6) is 2.15. The van der Waals surface area contributed by atoms with E-state index in [0.29, 0.717) is 6.61 Å². The third-order valence-corrected chi connectivity index (χ3v) is 7.82. The average molecular weight is 440 g/mol. The molecule has 2 fully saturated rings. The van der Waals surface area contributed by atoms with Gasteiger partial charge in [-0.1, -0.05) is 0 Å². The lowest BCUT2D eigenvalue weighted by Crippen LogP contribution is -2.36. The molecule has 0 spiro atoms. The summed E-state index contributed by atoms with van der Waals surface area (Å²) in [6.07, 6.45) is 6.38. The third kappa shape index (κ3) is 3.36. The van der Waals surface area contributed by atoms with Crippen LogP contribution in [-0.4, -0.2) is 59.9 Å². The van der Waals surface area contributed by atoms with Gasteiger partial charge in [0, 0.05) is 43.5 Å². The van der Waals surface area contributed by atoms with Crippen LogP contribution in [0.1, 0.15) is 44.2 Å². The summed E-state index contributed by atoms with van der Waals surface area (Å²) in [4.78, 5) is 20.6. The number of fused-ring (bicyclic) bond motifs is 5. The van der Waals surface area contributed by atoms with Crippen LogP contribution in [0.15, 0.2) is 6.33 Å². The molecule has 0 aromatic carbocycles. The largest absolute Gasteiger partial charge is 0.378 e. The van der Waals surface area contributed by atoms with Crippen LogP contribution in [0.4, 0.5) is 11.6 Å². The Morgan fingerprint density at radius 2 is 1.71 bits per heavy atom. The fraction of sp³-hybridized carbons (Fsp3) is 0.609. The molecule has 0 N–H and O–H groups in total. The van der Waals surface area contributed by atoms with E-state index in [1.54, 1.807) is 17.7 Å². The maximum absolute atomic E-state index is 6.26. The van der Waals surface area contributed by atoms with Gasteiger partial charge in [0.15, 0.2) is 0 Å². The number of anilines is 2. The number of thiophene rings is 1. The molecule has 0 bridgehead atoms. The number of hydrogen-bond acceptors (Lipinski definition) is 8. The molecule has 3 aliphatic rings. The van der Waals surface area contributed by atoms with Crippen LogP contribution < -0.4 is 9.80 Å². The number of hydrogen-bond donors (Lipinski definition) is 0. The van der Waals surface area contributed by atoms with Crippen molar-refractivity contribution in [3.05, 3.63) is 17.5 Å². The van der Waals surface area contributed by atoms with Gasteiger partial charge in [-0.15, -0.1) is 11.3 Å². The minimum atomic E-state index is -0.186. The Kier molecular flexibility index (Phi) is 4.77. The first-order valence-corrected chi connectivity index (χ1v) is 12.2. The predicted octanol–water partition coefficient (Wildman–Crippen LogP) is 3.92. The van der Waals surface area contributed by atoms with Crippen molar-refractivity contribution >= 4 is 43.4 Å². The quantitative estimate of drug-likeness (QED) is 0.600. The standard InChI is InChI=1S/C23H29N5O2S/c1-23(2)12-15-16(13-30-23)20(27-6-4-3-5-7-27)26-22-17(15)18-19(31-22)21(25-14-24-18)28-8-10-29-11-9-28/h14H,3-13H2,1-2H3. The van der Waals surface area contributed by atoms with E-state index in [1.807, 2.05) is 0 Å². The van der Waals surface area contributed by atoms with E-state index in [0.717, 1.165) is 72.5 Å². The monoisotopic (exact) mass is 439 g/mol. The van der Waals surface area contributed by atoms with Gasteiger partial charge in [-0.05, 0) is 38.7 Å². The molecule has 164 valence electrons. The highest BCUT2D eigenvalue weighted by Gasteiger charge is 2.33. The zero-order chi connectivity index (χ0) is 21.0. The Hall–Kier alpha value is -2.03. The Labute approximate surface area is 186 Å². The van der Waals surface area contributed by atoms with Crippen molar-refractivity contribution in [2.24, 2.45) is 0 Å². The molecule has 31 heavy (non-hydrogen) atoms. The molecule has 0 saturated carbocycles. The Bertz CT molecular complexity index is 1130. The number of ether oxygens (including phenoxy) is 2. The molecule has 0 aliphatic carbocycles. The van der Waals surface area contributed by atoms with E-state index < -0.39 is 0 Å². The first kappa shape index (κ1) is 19.6. The summed E-state index contributed by atoms with van der Waals surface area (Å²) in [5.41, 5.74) is 3.50. The van der Waals surface area contributed by atoms with Crippen LogP contribution in [0.3, 0.4) is 0 Å². The van der Waals surface area contributed by atoms with Crippen LogP contribution >= 0.6 is 11.3 Å². The Balaban J connectivity index is 1.58. The van der Waals surface area contributed by atoms with Crippen molar-refractivity contribution in [1.82, 2.24) is 15.0 Å². The Morgan fingerprint density at radius 3 is 2.52 bits per heavy atom. The summed E-state index contributed by atoms with van der Waals surface area (Å²) < 4.78 is 13.0. The van der Waals surface area contributed by atoms with Gasteiger partial charge in [0.25, 0.3) is 0 Å². The van der Waals surface area contributed by atoms with E-state index in [4.69, 9.17) is 19.4 Å². The maximum Gasteiger partial charge on any atom is 0.150 e. The lowest BCUT2D eigenvalue weighted by Gasteiger charge is -2.36. The predicted molar refractivity (Wildman–Crippen MR) is 124 cm³/mol. The van der Waals surface area contributed by atoms with Crippen LogP contribution in [0.5, 0.6) is 0 Å². The van der Waals surface area contributed by atoms with Gasteiger partial charge in [0.2, 0.25) is 0 Å². The van der Waals surface area contributed by atoms with Crippen LogP contribution in [0.2, 0.25) is 0 Å². The minimum Gasteiger partial charge on any atom is -0.378 e. The average Bonchev–Trinajstić information content (AvgIpc) is 3.18. The van der Waals surface area contributed by atoms with Crippen molar-refractivity contribution in [1.29, 1.82) is 0 Å². The zero-order valence-electron chi connectivity index (χ0n) is 18.3. The van der Waals surface area contributed by atoms with Gasteiger partial charge in [0.1, 0.15) is 22.8 Å². The SMILES string of the molecule is CC1(C)Cc2c(c(N3CCCCC3)nc3sc4c(N5CCOCC5)ncnc4c23)CO1. The molecule has 6 heterocycles. The highest BCUT2D eigenvalue weighted by molar-refractivity contribution is 7.26. The number of rotatable bonds is 2. The summed E-state index contributed by atoms with van der Waals surface area (Å²) in [6, 6.07) is 0. The van der Waals surface area contributed by atoms with E-state index in [-0.39, 0.29) is 5.60 Å². The first-order valence-electron chi connectivity index (χ1n) is 11.4. The van der Waals surface area contributed by atoms with Crippen LogP contribution in [-0.2, 0) is 22.5 Å². The normalized spacial score (nSPS) is 21.6. The summed E-state index contributed by atoms with van der Waals surface area (Å²) in [7, 11) is 0. The van der Waals surface area contributed by atoms with Gasteiger partial charge in [-0.3, -0.25) is 0 Å². The van der Waals surface area contributed by atoms with Crippen molar-refractivity contribution in [3.63, 3.8) is 0 Å². The second-order valence-corrected chi connectivity index (χ2v) is 10.4. The minimum absolute atomic E-state index is 0.186. The molecular formula is C23H29N5O2S. The maximum atomic E-state index is 6.26. The topological polar surface area (TPSA) is 63.6 Å². The molecule has 6 rings (SSSR count). The molecule has 7 nitrogen and oxygen atoms in total. The molecule has 2 saturated heterocycles. The number of aromatic nitrogens is 3. The van der Waals surface area contributed by atoms with Gasteiger partial charge >= 0.3 is 0 Å². The third-order valence-electron chi connectivity index (χ3n) is 6.75. The molecule has 0 unspecified atom stereocenters. The summed E-state index contributed by atoms with van der Waals surface area (Å²) in [5, 5.41) is 1.21. The van der Waals surface area contributed by atoms with E-state index >= 15 is 0 Å². The molecule has 0 amide bonds. The van der Waals surface area contributed by atoms with Gasteiger partial charge < -0.3 is 19.3 Å². The smallest absolute Gasteiger partial charge is 0.150 e. The van der Waals surface area contributed by atoms with Gasteiger partial charge in [-0.2, -0.15) is 0 Å². The molecule has 0 atom stereocenters. The van der Waals surface area contributed by atoms with Gasteiger partial charge in [-0.25, -0.2) is 15.0 Å². The Morgan fingerprint density at radius 1 is 0.935 bits per heavy atom. The van der Waals surface area contributed by atoms with Crippen molar-refractivity contribution in [2.45, 2.75) is 51.7 Å². The van der Waals surface area contributed by atoms with E-state index in [2.05, 4.69) is 28.6 Å². The molecule has 3 aromatic heterocycles. The number of pyridine rings is 1.